The maximum Gasteiger partial charge on any atom is 0.267 e. The lowest BCUT2D eigenvalue weighted by Gasteiger charge is -2.18. The molecule has 1 saturated carbocycles. The van der Waals surface area contributed by atoms with Crippen molar-refractivity contribution in [3.63, 3.8) is 0 Å². The highest BCUT2D eigenvalue weighted by molar-refractivity contribution is 5.90. The monoisotopic (exact) mass is 665 g/mol. The van der Waals surface area contributed by atoms with Gasteiger partial charge in [0.25, 0.3) is 11.8 Å². The topological polar surface area (TPSA) is 203 Å². The lowest BCUT2D eigenvalue weighted by molar-refractivity contribution is -0.799. The van der Waals surface area contributed by atoms with Crippen molar-refractivity contribution in [2.24, 2.45) is 11.8 Å². The van der Waals surface area contributed by atoms with Gasteiger partial charge in [0.15, 0.2) is 23.4 Å². The number of fused-ring (bicyclic) bond motifs is 2. The third-order valence-electron chi connectivity index (χ3n) is 8.25. The quantitative estimate of drug-likeness (QED) is 0.0609. The highest BCUT2D eigenvalue weighted by Crippen LogP contribution is 2.41. The largest absolute Gasteiger partial charge is 0.438 e. The predicted octanol–water partition coefficient (Wildman–Crippen LogP) is 3.40. The molecule has 0 radical (unpaired) electrons. The first-order chi connectivity index (χ1) is 23.9. The van der Waals surface area contributed by atoms with Crippen molar-refractivity contribution < 1.29 is 33.5 Å². The maximum absolute atomic E-state index is 11.8. The summed E-state index contributed by atoms with van der Waals surface area (Å²) in [5, 5.41) is 31.2. The Labute approximate surface area is 278 Å². The summed E-state index contributed by atoms with van der Waals surface area (Å²) in [4.78, 5) is 34.8. The van der Waals surface area contributed by atoms with Crippen LogP contribution in [0, 0.1) is 11.8 Å². The number of nitrogens with zero attached hydrogens (tertiary/aromatic N) is 8. The van der Waals surface area contributed by atoms with Crippen LogP contribution in [0.3, 0.4) is 0 Å². The van der Waals surface area contributed by atoms with Gasteiger partial charge in [-0.15, -0.1) is 9.78 Å². The van der Waals surface area contributed by atoms with Crippen LogP contribution in [0.4, 0.5) is 0 Å². The molecule has 3 unspecified atom stereocenters. The molecule has 6 aromatic rings. The highest BCUT2D eigenvalue weighted by Gasteiger charge is 2.43. The molecule has 1 aliphatic carbocycles. The molecule has 2 aromatic carbocycles. The number of hydrogen-bond acceptors (Lipinski definition) is 11. The van der Waals surface area contributed by atoms with Gasteiger partial charge < -0.3 is 8.83 Å². The Hall–Kier alpha value is -6.00. The van der Waals surface area contributed by atoms with Gasteiger partial charge in [-0.2, -0.15) is 0 Å². The summed E-state index contributed by atoms with van der Waals surface area (Å²) < 4.78 is 16.1. The summed E-state index contributed by atoms with van der Waals surface area (Å²) in [5.41, 5.74) is 6.86. The van der Waals surface area contributed by atoms with Crippen molar-refractivity contribution in [1.29, 1.82) is 0 Å². The number of rotatable bonds is 13. The van der Waals surface area contributed by atoms with Crippen LogP contribution in [-0.4, -0.2) is 57.1 Å². The second-order valence-electron chi connectivity index (χ2n) is 12.0. The van der Waals surface area contributed by atoms with Gasteiger partial charge in [-0.25, -0.2) is 25.6 Å². The standard InChI is InChI=1S/C33H32N10O6/c1-20(16-26(32-34-24-6-2-4-8-27(24)48-32)41-18-22(36-40-41)12-14-29(44)38-46)17-43-37-23(13-15-30(45)39-47)19-42(43)31(21-10-11-21)33-35-25-7-3-5-9-28(25)49-33/h2-9,12-15,18-21,26,31H,10-11,16-17H2,1H3,(H3-,36,37,38,39,40,44,45,46,47)/p+1. The molecule has 7 rings (SSSR count). The molecule has 16 nitrogen and oxygen atoms in total. The Morgan fingerprint density at radius 2 is 1.55 bits per heavy atom. The van der Waals surface area contributed by atoms with Crippen molar-refractivity contribution in [2.45, 2.75) is 44.8 Å². The molecule has 1 aliphatic rings. The fraction of sp³-hybridized carbons (Fsp3) is 0.273. The van der Waals surface area contributed by atoms with E-state index < -0.39 is 17.9 Å². The molecule has 0 saturated heterocycles. The Kier molecular flexibility index (Phi) is 8.78. The molecule has 0 spiro atoms. The third-order valence-corrected chi connectivity index (χ3v) is 8.25. The minimum absolute atomic E-state index is 0.0458. The molecule has 49 heavy (non-hydrogen) atoms. The average Bonchev–Trinajstić information content (AvgIpc) is 3.45. The van der Waals surface area contributed by atoms with Gasteiger partial charge in [-0.1, -0.05) is 36.4 Å². The zero-order valence-electron chi connectivity index (χ0n) is 26.3. The van der Waals surface area contributed by atoms with E-state index in [1.165, 1.54) is 18.2 Å². The molecule has 16 heteroatoms. The number of nitrogens with one attached hydrogen (secondary N) is 2. The summed E-state index contributed by atoms with van der Waals surface area (Å²) in [6.45, 7) is 2.52. The van der Waals surface area contributed by atoms with Gasteiger partial charge in [0, 0.05) is 29.2 Å². The van der Waals surface area contributed by atoms with Gasteiger partial charge in [0.2, 0.25) is 17.5 Å². The summed E-state index contributed by atoms with van der Waals surface area (Å²) in [6.07, 6.45) is 11.3. The minimum Gasteiger partial charge on any atom is -0.438 e. The number of hydroxylamine groups is 2. The molecule has 4 heterocycles. The zero-order valence-corrected chi connectivity index (χ0v) is 26.3. The van der Waals surface area contributed by atoms with E-state index in [1.807, 2.05) is 64.2 Å². The molecule has 0 bridgehead atoms. The molecule has 4 aromatic heterocycles. The number of para-hydroxylation sites is 4. The van der Waals surface area contributed by atoms with Crippen LogP contribution in [-0.2, 0) is 16.1 Å². The van der Waals surface area contributed by atoms with Crippen molar-refractivity contribution in [3.05, 3.63) is 96.2 Å². The van der Waals surface area contributed by atoms with Crippen LogP contribution < -0.4 is 15.6 Å². The van der Waals surface area contributed by atoms with Crippen LogP contribution in [0.15, 0.2) is 81.9 Å². The summed E-state index contributed by atoms with van der Waals surface area (Å²) in [7, 11) is 0. The van der Waals surface area contributed by atoms with Gasteiger partial charge >= 0.3 is 0 Å². The second kappa shape index (κ2) is 13.6. The van der Waals surface area contributed by atoms with E-state index in [-0.39, 0.29) is 17.9 Å². The molecule has 4 N–H and O–H groups in total. The first kappa shape index (κ1) is 31.6. The number of aromatic nitrogens is 8. The highest BCUT2D eigenvalue weighted by atomic mass is 16.5. The van der Waals surface area contributed by atoms with Crippen molar-refractivity contribution in [3.8, 4) is 0 Å². The number of carbonyl (C=O) groups is 2. The van der Waals surface area contributed by atoms with Crippen LogP contribution in [0.5, 0.6) is 0 Å². The normalized spacial score (nSPS) is 15.3. The van der Waals surface area contributed by atoms with E-state index >= 15 is 0 Å². The molecule has 3 atom stereocenters. The lowest BCUT2D eigenvalue weighted by atomic mass is 10.0. The van der Waals surface area contributed by atoms with Gasteiger partial charge in [-0.3, -0.25) is 20.0 Å². The average molecular weight is 666 g/mol. The van der Waals surface area contributed by atoms with Crippen LogP contribution >= 0.6 is 0 Å². The first-order valence-electron chi connectivity index (χ1n) is 15.7. The van der Waals surface area contributed by atoms with Gasteiger partial charge in [0.05, 0.1) is 6.20 Å². The summed E-state index contributed by atoms with van der Waals surface area (Å²) in [5.74, 6) is -0.115. The number of benzene rings is 2. The fourth-order valence-electron chi connectivity index (χ4n) is 5.81. The lowest BCUT2D eigenvalue weighted by Crippen LogP contribution is -2.50. The van der Waals surface area contributed by atoms with Crippen LogP contribution in [0.1, 0.15) is 61.4 Å². The second-order valence-corrected chi connectivity index (χ2v) is 12.0. The van der Waals surface area contributed by atoms with E-state index in [9.17, 15) is 9.59 Å². The van der Waals surface area contributed by atoms with Crippen molar-refractivity contribution >= 4 is 46.2 Å². The maximum atomic E-state index is 11.8. The van der Waals surface area contributed by atoms with Crippen molar-refractivity contribution in [2.75, 3.05) is 0 Å². The Balaban J connectivity index is 1.22. The van der Waals surface area contributed by atoms with E-state index in [0.717, 1.165) is 24.4 Å². The minimum atomic E-state index is -0.695. The van der Waals surface area contributed by atoms with E-state index in [4.69, 9.17) is 34.3 Å². The summed E-state index contributed by atoms with van der Waals surface area (Å²) in [6, 6.07) is 14.4. The number of carbonyl (C=O) groups excluding carboxylic acids is 2. The Bertz CT molecular complexity index is 2110. The zero-order chi connectivity index (χ0) is 33.9. The first-order valence-corrected chi connectivity index (χ1v) is 15.7. The molecule has 2 amide bonds. The van der Waals surface area contributed by atoms with Crippen LogP contribution in [0.25, 0.3) is 34.4 Å². The molecule has 250 valence electrons. The molecular formula is C33H33N10O6+. The van der Waals surface area contributed by atoms with E-state index in [0.29, 0.717) is 52.8 Å². The summed E-state index contributed by atoms with van der Waals surface area (Å²) >= 11 is 0. The number of amides is 2. The van der Waals surface area contributed by atoms with Gasteiger partial charge in [-0.05, 0) is 60.3 Å². The molecule has 0 aliphatic heterocycles. The Morgan fingerprint density at radius 1 is 0.939 bits per heavy atom. The van der Waals surface area contributed by atoms with Crippen LogP contribution in [0.2, 0.25) is 0 Å². The molecule has 1 fully saturated rings. The van der Waals surface area contributed by atoms with E-state index in [2.05, 4.69) is 17.2 Å². The number of oxazole rings is 2. The number of hydrogen-bond donors (Lipinski definition) is 4. The predicted molar refractivity (Wildman–Crippen MR) is 171 cm³/mol. The smallest absolute Gasteiger partial charge is 0.267 e. The van der Waals surface area contributed by atoms with E-state index in [1.54, 1.807) is 21.8 Å². The van der Waals surface area contributed by atoms with Gasteiger partial charge in [0.1, 0.15) is 29.3 Å². The SMILES string of the molecule is CC(CC(c1nc2ccccc2o1)n1cc(C=CC(=O)NO)nn1)Cn1nc(C=CC(=O)NO)c[n+]1C(c1nc2ccccc2o1)C1CC1. The van der Waals surface area contributed by atoms with Crippen molar-refractivity contribution in [1.82, 2.24) is 45.8 Å². The molecular weight excluding hydrogens is 632 g/mol. The fourth-order valence-corrected chi connectivity index (χ4v) is 5.81. The Morgan fingerprint density at radius 3 is 2.18 bits per heavy atom. The third kappa shape index (κ3) is 7.00.